The van der Waals surface area contributed by atoms with Gasteiger partial charge in [-0.3, -0.25) is 9.78 Å². The van der Waals surface area contributed by atoms with Crippen molar-refractivity contribution in [2.45, 2.75) is 14.7 Å². The molecule has 138 valence electrons. The molecule has 0 radical (unpaired) electrons. The van der Waals surface area contributed by atoms with Crippen LogP contribution in [0.2, 0.25) is 10.0 Å². The number of carbonyl (C=O) groups excluding carboxylic acids is 1. The number of nitrogens with zero attached hydrogens (tertiary/aromatic N) is 1. The first-order valence-electron chi connectivity index (χ1n) is 7.56. The number of aromatic nitrogens is 1. The van der Waals surface area contributed by atoms with Gasteiger partial charge < -0.3 is 0 Å². The van der Waals surface area contributed by atoms with E-state index in [0.29, 0.717) is 19.8 Å². The van der Waals surface area contributed by atoms with Crippen molar-refractivity contribution in [3.63, 3.8) is 0 Å². The quantitative estimate of drug-likeness (QED) is 0.626. The first-order chi connectivity index (χ1) is 12.9. The van der Waals surface area contributed by atoms with E-state index >= 15 is 0 Å². The second-order valence-electron chi connectivity index (χ2n) is 5.30. The topological polar surface area (TPSA) is 76.1 Å². The van der Waals surface area contributed by atoms with Gasteiger partial charge in [-0.1, -0.05) is 47.1 Å². The maximum absolute atomic E-state index is 12.7. The summed E-state index contributed by atoms with van der Waals surface area (Å²) in [5.74, 6) is -0.760. The Morgan fingerprint density at radius 3 is 2.37 bits per heavy atom. The Morgan fingerprint density at radius 2 is 1.67 bits per heavy atom. The molecule has 1 N–H and O–H groups in total. The third-order valence-electron chi connectivity index (χ3n) is 3.43. The summed E-state index contributed by atoms with van der Waals surface area (Å²) < 4.78 is 27.5. The molecule has 0 bridgehead atoms. The summed E-state index contributed by atoms with van der Waals surface area (Å²) in [5, 5.41) is 0.938. The number of hydrogen-bond donors (Lipinski definition) is 1. The van der Waals surface area contributed by atoms with Crippen LogP contribution in [0.3, 0.4) is 0 Å². The Labute approximate surface area is 170 Å². The average Bonchev–Trinajstić information content (AvgIpc) is 2.64. The van der Waals surface area contributed by atoms with Crippen LogP contribution in [-0.2, 0) is 10.0 Å². The monoisotopic (exact) mass is 438 g/mol. The van der Waals surface area contributed by atoms with Crippen LogP contribution in [0.4, 0.5) is 0 Å². The Morgan fingerprint density at radius 1 is 0.963 bits per heavy atom. The van der Waals surface area contributed by atoms with Crippen LogP contribution in [0.1, 0.15) is 10.4 Å². The standard InChI is InChI=1S/C18H12Cl2N2O3S2/c19-13-7-5-12(6-8-13)18(23)22-27(24,25)17-11-21-10-9-16(17)26-15-4-2-1-3-14(15)20/h1-11H,(H,22,23). The summed E-state index contributed by atoms with van der Waals surface area (Å²) >= 11 is 13.1. The number of rotatable bonds is 5. The Bertz CT molecular complexity index is 1090. The molecule has 3 rings (SSSR count). The fourth-order valence-electron chi connectivity index (χ4n) is 2.14. The van der Waals surface area contributed by atoms with Gasteiger partial charge in [0.05, 0.1) is 5.02 Å². The zero-order chi connectivity index (χ0) is 19.4. The van der Waals surface area contributed by atoms with Gasteiger partial charge in [0.15, 0.2) is 0 Å². The van der Waals surface area contributed by atoms with E-state index in [-0.39, 0.29) is 10.5 Å². The molecule has 1 heterocycles. The molecule has 3 aromatic rings. The van der Waals surface area contributed by atoms with E-state index in [9.17, 15) is 13.2 Å². The minimum absolute atomic E-state index is 0.114. The number of halogens is 2. The lowest BCUT2D eigenvalue weighted by molar-refractivity contribution is 0.0981. The molecule has 1 amide bonds. The molecule has 9 heteroatoms. The maximum Gasteiger partial charge on any atom is 0.266 e. The SMILES string of the molecule is O=C(NS(=O)(=O)c1cnccc1Sc1ccccc1Cl)c1ccc(Cl)cc1. The van der Waals surface area contributed by atoms with E-state index in [0.717, 1.165) is 0 Å². The lowest BCUT2D eigenvalue weighted by Crippen LogP contribution is -2.31. The number of pyridine rings is 1. The highest BCUT2D eigenvalue weighted by Gasteiger charge is 2.23. The zero-order valence-electron chi connectivity index (χ0n) is 13.6. The van der Waals surface area contributed by atoms with Crippen molar-refractivity contribution >= 4 is 50.9 Å². The van der Waals surface area contributed by atoms with Crippen LogP contribution in [-0.4, -0.2) is 19.3 Å². The Kier molecular flexibility index (Phi) is 6.06. The van der Waals surface area contributed by atoms with E-state index in [1.165, 1.54) is 48.4 Å². The highest BCUT2D eigenvalue weighted by molar-refractivity contribution is 8.00. The third kappa shape index (κ3) is 4.81. The summed E-state index contributed by atoms with van der Waals surface area (Å²) in [4.78, 5) is 17.1. The lowest BCUT2D eigenvalue weighted by Gasteiger charge is -2.11. The van der Waals surface area contributed by atoms with Crippen molar-refractivity contribution in [1.29, 1.82) is 0 Å². The van der Waals surface area contributed by atoms with Crippen molar-refractivity contribution < 1.29 is 13.2 Å². The van der Waals surface area contributed by atoms with Crippen molar-refractivity contribution in [2.24, 2.45) is 0 Å². The normalized spacial score (nSPS) is 11.2. The van der Waals surface area contributed by atoms with Gasteiger partial charge in [-0.2, -0.15) is 0 Å². The minimum atomic E-state index is -4.14. The number of nitrogens with one attached hydrogen (secondary N) is 1. The second kappa shape index (κ2) is 8.31. The first kappa shape index (κ1) is 19.7. The highest BCUT2D eigenvalue weighted by atomic mass is 35.5. The molecule has 0 unspecified atom stereocenters. The van der Waals surface area contributed by atoms with Crippen molar-refractivity contribution in [3.8, 4) is 0 Å². The molecule has 1 aromatic heterocycles. The van der Waals surface area contributed by atoms with Crippen LogP contribution < -0.4 is 4.72 Å². The van der Waals surface area contributed by atoms with Gasteiger partial charge in [-0.05, 0) is 42.5 Å². The molecule has 5 nitrogen and oxygen atoms in total. The van der Waals surface area contributed by atoms with Crippen LogP contribution in [0.5, 0.6) is 0 Å². The van der Waals surface area contributed by atoms with Gasteiger partial charge in [0, 0.05) is 32.8 Å². The van der Waals surface area contributed by atoms with Gasteiger partial charge in [-0.25, -0.2) is 13.1 Å². The maximum atomic E-state index is 12.7. The molecule has 0 atom stereocenters. The van der Waals surface area contributed by atoms with Crippen LogP contribution >= 0.6 is 35.0 Å². The molecule has 27 heavy (non-hydrogen) atoms. The fourth-order valence-corrected chi connectivity index (χ4v) is 4.80. The van der Waals surface area contributed by atoms with E-state index in [1.807, 2.05) is 0 Å². The smallest absolute Gasteiger partial charge is 0.266 e. The van der Waals surface area contributed by atoms with Gasteiger partial charge in [0.2, 0.25) is 0 Å². The number of benzene rings is 2. The van der Waals surface area contributed by atoms with Gasteiger partial charge in [0.1, 0.15) is 4.90 Å². The highest BCUT2D eigenvalue weighted by Crippen LogP contribution is 2.36. The van der Waals surface area contributed by atoms with Gasteiger partial charge >= 0.3 is 0 Å². The largest absolute Gasteiger partial charge is 0.268 e. The summed E-state index contributed by atoms with van der Waals surface area (Å²) in [6.45, 7) is 0. The predicted octanol–water partition coefficient (Wildman–Crippen LogP) is 4.66. The lowest BCUT2D eigenvalue weighted by atomic mass is 10.2. The Balaban J connectivity index is 1.90. The first-order valence-corrected chi connectivity index (χ1v) is 10.6. The summed E-state index contributed by atoms with van der Waals surface area (Å²) in [6.07, 6.45) is 2.66. The molecule has 0 saturated carbocycles. The van der Waals surface area contributed by atoms with Crippen LogP contribution in [0.25, 0.3) is 0 Å². The molecule has 2 aromatic carbocycles. The van der Waals surface area contributed by atoms with Crippen LogP contribution in [0, 0.1) is 0 Å². The predicted molar refractivity (Wildman–Crippen MR) is 106 cm³/mol. The Hall–Kier alpha value is -2.06. The van der Waals surface area contributed by atoms with Gasteiger partial charge in [0.25, 0.3) is 15.9 Å². The van der Waals surface area contributed by atoms with Crippen molar-refractivity contribution in [3.05, 3.63) is 82.6 Å². The van der Waals surface area contributed by atoms with E-state index in [1.54, 1.807) is 30.3 Å². The molecule has 0 aliphatic carbocycles. The summed E-state index contributed by atoms with van der Waals surface area (Å²) in [7, 11) is -4.14. The fraction of sp³-hybridized carbons (Fsp3) is 0. The van der Waals surface area contributed by atoms with Crippen molar-refractivity contribution in [2.75, 3.05) is 0 Å². The average molecular weight is 439 g/mol. The number of carbonyl (C=O) groups is 1. The summed E-state index contributed by atoms with van der Waals surface area (Å²) in [6, 6.07) is 14.5. The van der Waals surface area contributed by atoms with Crippen molar-refractivity contribution in [1.82, 2.24) is 9.71 Å². The zero-order valence-corrected chi connectivity index (χ0v) is 16.7. The molecular formula is C18H12Cl2N2O3S2. The molecule has 0 fully saturated rings. The molecule has 0 aliphatic rings. The number of amides is 1. The second-order valence-corrected chi connectivity index (χ2v) is 8.87. The minimum Gasteiger partial charge on any atom is -0.268 e. The molecule has 0 saturated heterocycles. The molecular weight excluding hydrogens is 427 g/mol. The number of hydrogen-bond acceptors (Lipinski definition) is 5. The third-order valence-corrected chi connectivity index (χ3v) is 6.76. The van der Waals surface area contributed by atoms with Crippen LogP contribution in [0.15, 0.2) is 81.7 Å². The van der Waals surface area contributed by atoms with Gasteiger partial charge in [-0.15, -0.1) is 0 Å². The van der Waals surface area contributed by atoms with E-state index in [4.69, 9.17) is 23.2 Å². The van der Waals surface area contributed by atoms with E-state index < -0.39 is 15.9 Å². The summed E-state index contributed by atoms with van der Waals surface area (Å²) in [5.41, 5.74) is 0.173. The number of sulfonamides is 1. The van der Waals surface area contributed by atoms with E-state index in [2.05, 4.69) is 9.71 Å². The molecule has 0 spiro atoms. The molecule has 0 aliphatic heterocycles.